The highest BCUT2D eigenvalue weighted by Crippen LogP contribution is 2.32. The fourth-order valence-electron chi connectivity index (χ4n) is 2.34. The Morgan fingerprint density at radius 2 is 1.83 bits per heavy atom. The number of carbonyl (C=O) groups is 1. The molecule has 0 bridgehead atoms. The second-order valence-corrected chi connectivity index (χ2v) is 7.22. The number of nitrogens with one attached hydrogen (secondary N) is 1. The highest BCUT2D eigenvalue weighted by Gasteiger charge is 2.34. The van der Waals surface area contributed by atoms with E-state index in [4.69, 9.17) is 4.74 Å². The Hall–Kier alpha value is -3.14. The van der Waals surface area contributed by atoms with Crippen LogP contribution in [-0.4, -0.2) is 30.0 Å². The van der Waals surface area contributed by atoms with Crippen LogP contribution in [-0.2, 0) is 6.18 Å². The molecule has 1 aromatic carbocycles. The van der Waals surface area contributed by atoms with Gasteiger partial charge in [0.1, 0.15) is 11.6 Å². The Kier molecular flexibility index (Phi) is 5.73. The zero-order valence-electron chi connectivity index (χ0n) is 15.7. The Balaban J connectivity index is 1.76. The molecule has 2 aromatic heterocycles. The molecule has 0 saturated heterocycles. The Morgan fingerprint density at radius 1 is 1.14 bits per heavy atom. The van der Waals surface area contributed by atoms with Crippen molar-refractivity contribution >= 4 is 28.7 Å². The monoisotopic (exact) mass is 422 g/mol. The van der Waals surface area contributed by atoms with E-state index in [1.807, 2.05) is 18.4 Å². The van der Waals surface area contributed by atoms with E-state index in [2.05, 4.69) is 15.3 Å². The van der Waals surface area contributed by atoms with Gasteiger partial charge in [0.15, 0.2) is 5.69 Å². The van der Waals surface area contributed by atoms with Crippen molar-refractivity contribution in [3.05, 3.63) is 57.9 Å². The summed E-state index contributed by atoms with van der Waals surface area (Å²) >= 11 is 1.34. The number of rotatable bonds is 5. The molecule has 3 aromatic rings. The molecule has 0 fully saturated rings. The molecular weight excluding hydrogens is 405 g/mol. The molecule has 3 rings (SSSR count). The molecule has 10 heteroatoms. The lowest BCUT2D eigenvalue weighted by molar-refractivity contribution is -0.141. The molecule has 0 aliphatic carbocycles. The zero-order valence-corrected chi connectivity index (χ0v) is 16.6. The third-order valence-corrected chi connectivity index (χ3v) is 4.85. The van der Waals surface area contributed by atoms with Crippen molar-refractivity contribution in [2.45, 2.75) is 13.1 Å². The van der Waals surface area contributed by atoms with Crippen LogP contribution in [0.25, 0.3) is 0 Å². The van der Waals surface area contributed by atoms with Gasteiger partial charge in [0.25, 0.3) is 5.91 Å². The third kappa shape index (κ3) is 5.02. The van der Waals surface area contributed by atoms with E-state index in [0.29, 0.717) is 10.6 Å². The molecule has 0 saturated carbocycles. The van der Waals surface area contributed by atoms with Crippen molar-refractivity contribution < 1.29 is 22.7 Å². The SMILES string of the molecule is Cc1ccsc1C(=O)Nc1ccc(Oc2nc(N(C)C)cc(C(F)(F)F)n2)cc1. The van der Waals surface area contributed by atoms with E-state index in [9.17, 15) is 18.0 Å². The summed E-state index contributed by atoms with van der Waals surface area (Å²) in [6.45, 7) is 1.85. The quantitative estimate of drug-likeness (QED) is 0.628. The highest BCUT2D eigenvalue weighted by molar-refractivity contribution is 7.12. The predicted octanol–water partition coefficient (Wildman–Crippen LogP) is 4.98. The molecular formula is C19H17F3N4O2S. The average molecular weight is 422 g/mol. The van der Waals surface area contributed by atoms with Crippen LogP contribution in [0.1, 0.15) is 20.9 Å². The van der Waals surface area contributed by atoms with Crippen molar-refractivity contribution in [2.24, 2.45) is 0 Å². The van der Waals surface area contributed by atoms with Gasteiger partial charge in [0, 0.05) is 25.8 Å². The van der Waals surface area contributed by atoms with E-state index in [1.165, 1.54) is 28.4 Å². The smallest absolute Gasteiger partial charge is 0.424 e. The van der Waals surface area contributed by atoms with E-state index >= 15 is 0 Å². The maximum Gasteiger partial charge on any atom is 0.433 e. The summed E-state index contributed by atoms with van der Waals surface area (Å²) in [5.74, 6) is 0.0693. The lowest BCUT2D eigenvalue weighted by Crippen LogP contribution is -2.16. The van der Waals surface area contributed by atoms with E-state index < -0.39 is 17.9 Å². The van der Waals surface area contributed by atoms with Crippen LogP contribution >= 0.6 is 11.3 Å². The highest BCUT2D eigenvalue weighted by atomic mass is 32.1. The summed E-state index contributed by atoms with van der Waals surface area (Å²) < 4.78 is 44.6. The second-order valence-electron chi connectivity index (χ2n) is 6.30. The number of aryl methyl sites for hydroxylation is 1. The molecule has 0 radical (unpaired) electrons. The number of benzene rings is 1. The molecule has 0 aliphatic heterocycles. The minimum atomic E-state index is -4.63. The number of thiophene rings is 1. The van der Waals surface area contributed by atoms with Crippen LogP contribution < -0.4 is 15.0 Å². The number of ether oxygens (including phenoxy) is 1. The summed E-state index contributed by atoms with van der Waals surface area (Å²) in [7, 11) is 3.14. The van der Waals surface area contributed by atoms with Crippen molar-refractivity contribution in [3.8, 4) is 11.8 Å². The first-order valence-electron chi connectivity index (χ1n) is 8.40. The Bertz CT molecular complexity index is 1020. The predicted molar refractivity (Wildman–Crippen MR) is 105 cm³/mol. The number of anilines is 2. The molecule has 152 valence electrons. The molecule has 1 N–H and O–H groups in total. The van der Waals surface area contributed by atoms with Crippen LogP contribution in [0.2, 0.25) is 0 Å². The van der Waals surface area contributed by atoms with Gasteiger partial charge >= 0.3 is 12.2 Å². The molecule has 1 amide bonds. The number of alkyl halides is 3. The van der Waals surface area contributed by atoms with Gasteiger partial charge in [-0.1, -0.05) is 0 Å². The Labute approximate surface area is 169 Å². The van der Waals surface area contributed by atoms with Gasteiger partial charge in [0.2, 0.25) is 0 Å². The summed E-state index contributed by atoms with van der Waals surface area (Å²) in [6.07, 6.45) is -4.63. The lowest BCUT2D eigenvalue weighted by Gasteiger charge is -2.15. The molecule has 2 heterocycles. The lowest BCUT2D eigenvalue weighted by atomic mass is 10.2. The van der Waals surface area contributed by atoms with Gasteiger partial charge in [0.05, 0.1) is 4.88 Å². The topological polar surface area (TPSA) is 67.3 Å². The minimum Gasteiger partial charge on any atom is -0.424 e. The summed E-state index contributed by atoms with van der Waals surface area (Å²) in [5.41, 5.74) is 0.307. The molecule has 29 heavy (non-hydrogen) atoms. The summed E-state index contributed by atoms with van der Waals surface area (Å²) in [6, 6.07) is 8.46. The molecule has 0 atom stereocenters. The number of amides is 1. The standard InChI is InChI=1S/C19H17F3N4O2S/c1-11-8-9-29-16(11)17(27)23-12-4-6-13(7-5-12)28-18-24-14(19(20,21)22)10-15(25-18)26(2)3/h4-10H,1-3H3,(H,23,27). The maximum absolute atomic E-state index is 13.1. The Morgan fingerprint density at radius 3 is 2.38 bits per heavy atom. The van der Waals surface area contributed by atoms with Crippen molar-refractivity contribution in [3.63, 3.8) is 0 Å². The molecule has 0 unspecified atom stereocenters. The number of halogens is 3. The first-order chi connectivity index (χ1) is 13.6. The van der Waals surface area contributed by atoms with E-state index in [1.54, 1.807) is 26.2 Å². The van der Waals surface area contributed by atoms with Crippen LogP contribution in [0.3, 0.4) is 0 Å². The normalized spacial score (nSPS) is 11.2. The molecule has 6 nitrogen and oxygen atoms in total. The number of hydrogen-bond acceptors (Lipinski definition) is 6. The first kappa shape index (κ1) is 20.6. The molecule has 0 aliphatic rings. The zero-order chi connectivity index (χ0) is 21.2. The van der Waals surface area contributed by atoms with Gasteiger partial charge in [-0.3, -0.25) is 4.79 Å². The third-order valence-electron chi connectivity index (χ3n) is 3.83. The van der Waals surface area contributed by atoms with E-state index in [0.717, 1.165) is 11.6 Å². The molecule has 0 spiro atoms. The number of carbonyl (C=O) groups excluding carboxylic acids is 1. The number of hydrogen-bond donors (Lipinski definition) is 1. The van der Waals surface area contributed by atoms with Crippen LogP contribution in [0, 0.1) is 6.92 Å². The van der Waals surface area contributed by atoms with E-state index in [-0.39, 0.29) is 17.5 Å². The average Bonchev–Trinajstić information content (AvgIpc) is 3.08. The minimum absolute atomic E-state index is 0.0672. The fourth-order valence-corrected chi connectivity index (χ4v) is 3.16. The maximum atomic E-state index is 13.1. The summed E-state index contributed by atoms with van der Waals surface area (Å²) in [5, 5.41) is 4.59. The van der Waals surface area contributed by atoms with Crippen LogP contribution in [0.5, 0.6) is 11.8 Å². The second kappa shape index (κ2) is 8.08. The van der Waals surface area contributed by atoms with Crippen molar-refractivity contribution in [2.75, 3.05) is 24.3 Å². The van der Waals surface area contributed by atoms with Gasteiger partial charge in [-0.25, -0.2) is 0 Å². The first-order valence-corrected chi connectivity index (χ1v) is 9.28. The number of nitrogens with zero attached hydrogens (tertiary/aromatic N) is 3. The largest absolute Gasteiger partial charge is 0.433 e. The van der Waals surface area contributed by atoms with Gasteiger partial charge in [-0.05, 0) is 48.2 Å². The van der Waals surface area contributed by atoms with Gasteiger partial charge < -0.3 is 15.0 Å². The van der Waals surface area contributed by atoms with Crippen LogP contribution in [0.15, 0.2) is 41.8 Å². The number of aromatic nitrogens is 2. The van der Waals surface area contributed by atoms with Gasteiger partial charge in [-0.15, -0.1) is 11.3 Å². The van der Waals surface area contributed by atoms with Crippen molar-refractivity contribution in [1.29, 1.82) is 0 Å². The fraction of sp³-hybridized carbons (Fsp3) is 0.211. The van der Waals surface area contributed by atoms with Crippen molar-refractivity contribution in [1.82, 2.24) is 9.97 Å². The summed E-state index contributed by atoms with van der Waals surface area (Å²) in [4.78, 5) is 21.7. The van der Waals surface area contributed by atoms with Gasteiger partial charge in [-0.2, -0.15) is 23.1 Å². The van der Waals surface area contributed by atoms with Crippen LogP contribution in [0.4, 0.5) is 24.7 Å².